The molecule has 0 aromatic heterocycles. The molecule has 6 nitrogen and oxygen atoms in total. The highest BCUT2D eigenvalue weighted by molar-refractivity contribution is 7.89. The molecule has 1 atom stereocenters. The number of morpholine rings is 1. The minimum Gasteiger partial charge on any atom is -0.379 e. The fourth-order valence-corrected chi connectivity index (χ4v) is 4.66. The Kier molecular flexibility index (Phi) is 6.58. The molecule has 0 aliphatic carbocycles. The van der Waals surface area contributed by atoms with Crippen molar-refractivity contribution in [3.8, 4) is 0 Å². The van der Waals surface area contributed by atoms with E-state index in [4.69, 9.17) is 16.3 Å². The maximum Gasteiger partial charge on any atom is 0.257 e. The lowest BCUT2D eigenvalue weighted by Crippen LogP contribution is -2.40. The van der Waals surface area contributed by atoms with E-state index in [0.717, 1.165) is 17.7 Å². The average molecular weight is 441 g/mol. The van der Waals surface area contributed by atoms with E-state index in [1.54, 1.807) is 38.2 Å². The van der Waals surface area contributed by atoms with Crippen molar-refractivity contribution in [2.75, 3.05) is 33.4 Å². The van der Waals surface area contributed by atoms with Crippen LogP contribution < -0.4 is 0 Å². The maximum absolute atomic E-state index is 14.4. The SMILES string of the molecule is CC(c1ccc(Cl)cc1)N(C)C(=O)c1cc(S(=O)(=O)N2CCOCC2)ccc1F. The second kappa shape index (κ2) is 8.79. The summed E-state index contributed by atoms with van der Waals surface area (Å²) >= 11 is 5.90. The molecule has 29 heavy (non-hydrogen) atoms. The first-order valence-corrected chi connectivity index (χ1v) is 10.9. The van der Waals surface area contributed by atoms with E-state index in [9.17, 15) is 17.6 Å². The van der Waals surface area contributed by atoms with Crippen LogP contribution in [-0.2, 0) is 14.8 Å². The Balaban J connectivity index is 1.88. The Morgan fingerprint density at radius 3 is 2.41 bits per heavy atom. The third-order valence-electron chi connectivity index (χ3n) is 5.03. The molecule has 156 valence electrons. The quantitative estimate of drug-likeness (QED) is 0.715. The normalized spacial score (nSPS) is 16.4. The molecule has 0 radical (unpaired) electrons. The van der Waals surface area contributed by atoms with Gasteiger partial charge in [0, 0.05) is 25.2 Å². The van der Waals surface area contributed by atoms with Crippen LogP contribution in [0.5, 0.6) is 0 Å². The number of amides is 1. The number of hydrogen-bond donors (Lipinski definition) is 0. The second-order valence-electron chi connectivity index (χ2n) is 6.80. The summed E-state index contributed by atoms with van der Waals surface area (Å²) in [5, 5.41) is 0.571. The van der Waals surface area contributed by atoms with Gasteiger partial charge in [-0.15, -0.1) is 0 Å². The van der Waals surface area contributed by atoms with Gasteiger partial charge < -0.3 is 9.64 Å². The molecule has 0 saturated carbocycles. The van der Waals surface area contributed by atoms with Crippen LogP contribution >= 0.6 is 11.6 Å². The molecule has 0 spiro atoms. The van der Waals surface area contributed by atoms with Crippen LogP contribution in [0.4, 0.5) is 4.39 Å². The summed E-state index contributed by atoms with van der Waals surface area (Å²) in [4.78, 5) is 14.2. The van der Waals surface area contributed by atoms with Crippen molar-refractivity contribution in [2.45, 2.75) is 17.9 Å². The number of carbonyl (C=O) groups excluding carboxylic acids is 1. The molecule has 1 saturated heterocycles. The van der Waals surface area contributed by atoms with Crippen molar-refractivity contribution in [1.29, 1.82) is 0 Å². The van der Waals surface area contributed by atoms with Crippen molar-refractivity contribution in [3.63, 3.8) is 0 Å². The van der Waals surface area contributed by atoms with Crippen molar-refractivity contribution in [2.24, 2.45) is 0 Å². The maximum atomic E-state index is 14.4. The highest BCUT2D eigenvalue weighted by Gasteiger charge is 2.29. The zero-order chi connectivity index (χ0) is 21.2. The average Bonchev–Trinajstić information content (AvgIpc) is 2.73. The predicted molar refractivity (Wildman–Crippen MR) is 108 cm³/mol. The van der Waals surface area contributed by atoms with Crippen LogP contribution in [0.1, 0.15) is 28.9 Å². The van der Waals surface area contributed by atoms with Crippen LogP contribution in [0.3, 0.4) is 0 Å². The van der Waals surface area contributed by atoms with Gasteiger partial charge in [0.15, 0.2) is 0 Å². The molecule has 2 aromatic rings. The van der Waals surface area contributed by atoms with E-state index in [1.807, 2.05) is 0 Å². The zero-order valence-corrected chi connectivity index (χ0v) is 17.7. The summed E-state index contributed by atoms with van der Waals surface area (Å²) in [5.41, 5.74) is 0.533. The highest BCUT2D eigenvalue weighted by atomic mass is 35.5. The molecule has 1 aliphatic rings. The van der Waals surface area contributed by atoms with Crippen LogP contribution in [0.2, 0.25) is 5.02 Å². The Labute approximate surface area is 174 Å². The molecule has 1 amide bonds. The third-order valence-corrected chi connectivity index (χ3v) is 7.18. The van der Waals surface area contributed by atoms with E-state index in [2.05, 4.69) is 0 Å². The number of nitrogens with zero attached hydrogens (tertiary/aromatic N) is 2. The molecule has 9 heteroatoms. The van der Waals surface area contributed by atoms with E-state index in [1.165, 1.54) is 15.3 Å². The van der Waals surface area contributed by atoms with Crippen molar-refractivity contribution in [1.82, 2.24) is 9.21 Å². The second-order valence-corrected chi connectivity index (χ2v) is 9.18. The smallest absolute Gasteiger partial charge is 0.257 e. The summed E-state index contributed by atoms with van der Waals surface area (Å²) in [7, 11) is -2.29. The van der Waals surface area contributed by atoms with Crippen LogP contribution in [-0.4, -0.2) is 56.9 Å². The summed E-state index contributed by atoms with van der Waals surface area (Å²) < 4.78 is 46.6. The lowest BCUT2D eigenvalue weighted by atomic mass is 10.1. The van der Waals surface area contributed by atoms with E-state index >= 15 is 0 Å². The molecule has 1 heterocycles. The first-order chi connectivity index (χ1) is 13.7. The van der Waals surface area contributed by atoms with Crippen LogP contribution in [0.15, 0.2) is 47.4 Å². The molecule has 3 rings (SSSR count). The number of rotatable bonds is 5. The monoisotopic (exact) mass is 440 g/mol. The molecule has 0 bridgehead atoms. The molecule has 1 fully saturated rings. The summed E-state index contributed by atoms with van der Waals surface area (Å²) in [6.45, 7) is 2.83. The number of hydrogen-bond acceptors (Lipinski definition) is 4. The van der Waals surface area contributed by atoms with Gasteiger partial charge in [-0.2, -0.15) is 4.31 Å². The molecular weight excluding hydrogens is 419 g/mol. The van der Waals surface area contributed by atoms with Gasteiger partial charge in [0.2, 0.25) is 10.0 Å². The topological polar surface area (TPSA) is 66.9 Å². The van der Waals surface area contributed by atoms with Gasteiger partial charge in [-0.1, -0.05) is 23.7 Å². The van der Waals surface area contributed by atoms with Crippen molar-refractivity contribution >= 4 is 27.5 Å². The number of sulfonamides is 1. The highest BCUT2D eigenvalue weighted by Crippen LogP contribution is 2.25. The molecule has 0 N–H and O–H groups in total. The number of benzene rings is 2. The van der Waals surface area contributed by atoms with Crippen LogP contribution in [0.25, 0.3) is 0 Å². The lowest BCUT2D eigenvalue weighted by molar-refractivity contribution is 0.0728. The fraction of sp³-hybridized carbons (Fsp3) is 0.350. The summed E-state index contributed by atoms with van der Waals surface area (Å²) in [6, 6.07) is 9.93. The Morgan fingerprint density at radius 2 is 1.79 bits per heavy atom. The Bertz CT molecular complexity index is 992. The molecule has 1 unspecified atom stereocenters. The van der Waals surface area contributed by atoms with E-state index in [-0.39, 0.29) is 29.6 Å². The lowest BCUT2D eigenvalue weighted by Gasteiger charge is -2.27. The minimum atomic E-state index is -3.84. The van der Waals surface area contributed by atoms with E-state index < -0.39 is 21.7 Å². The first-order valence-electron chi connectivity index (χ1n) is 9.12. The standard InChI is InChI=1S/C20H22ClFN2O4S/c1-14(15-3-5-16(21)6-4-15)23(2)20(25)18-13-17(7-8-19(18)22)29(26,27)24-9-11-28-12-10-24/h3-8,13-14H,9-12H2,1-2H3. The Hall–Kier alpha value is -2.00. The van der Waals surface area contributed by atoms with Gasteiger partial charge in [0.1, 0.15) is 5.82 Å². The van der Waals surface area contributed by atoms with Crippen molar-refractivity contribution < 1.29 is 22.3 Å². The molecular formula is C20H22ClFN2O4S. The zero-order valence-electron chi connectivity index (χ0n) is 16.1. The number of carbonyl (C=O) groups is 1. The first kappa shape index (κ1) is 21.7. The van der Waals surface area contributed by atoms with Gasteiger partial charge in [0.25, 0.3) is 5.91 Å². The number of ether oxygens (including phenoxy) is 1. The van der Waals surface area contributed by atoms with Gasteiger partial charge in [-0.05, 0) is 42.8 Å². The molecule has 1 aliphatic heterocycles. The van der Waals surface area contributed by atoms with Gasteiger partial charge in [-0.3, -0.25) is 4.79 Å². The van der Waals surface area contributed by atoms with Crippen molar-refractivity contribution in [3.05, 3.63) is 64.4 Å². The largest absolute Gasteiger partial charge is 0.379 e. The minimum absolute atomic E-state index is 0.114. The fourth-order valence-electron chi connectivity index (χ4n) is 3.10. The van der Waals surface area contributed by atoms with Gasteiger partial charge in [-0.25, -0.2) is 12.8 Å². The van der Waals surface area contributed by atoms with Crippen LogP contribution in [0, 0.1) is 5.82 Å². The summed E-state index contributed by atoms with van der Waals surface area (Å²) in [5.74, 6) is -1.38. The van der Waals surface area contributed by atoms with Gasteiger partial charge in [0.05, 0.1) is 29.7 Å². The molecule has 2 aromatic carbocycles. The van der Waals surface area contributed by atoms with E-state index in [0.29, 0.717) is 18.2 Å². The third kappa shape index (κ3) is 4.61. The Morgan fingerprint density at radius 1 is 1.17 bits per heavy atom. The summed E-state index contributed by atoms with van der Waals surface area (Å²) in [6.07, 6.45) is 0. The van der Waals surface area contributed by atoms with Gasteiger partial charge >= 0.3 is 0 Å². The number of halogens is 2. The predicted octanol–water partition coefficient (Wildman–Crippen LogP) is 3.33.